The molecule has 0 radical (unpaired) electrons. The molecule has 29 heavy (non-hydrogen) atoms. The average molecular weight is 417 g/mol. The molecule has 1 aliphatic rings. The van der Waals surface area contributed by atoms with Gasteiger partial charge in [-0.1, -0.05) is 24.3 Å². The quantitative estimate of drug-likeness (QED) is 0.714. The zero-order chi connectivity index (χ0) is 20.8. The van der Waals surface area contributed by atoms with Gasteiger partial charge in [0.15, 0.2) is 6.10 Å². The zero-order valence-electron chi connectivity index (χ0n) is 17.1. The molecule has 2 aromatic rings. The number of thioether (sulfide) groups is 1. The molecule has 6 nitrogen and oxygen atoms in total. The summed E-state index contributed by atoms with van der Waals surface area (Å²) in [6.45, 7) is 1.29. The van der Waals surface area contributed by atoms with Gasteiger partial charge in [0.05, 0.1) is 31.3 Å². The number of amides is 1. The van der Waals surface area contributed by atoms with E-state index in [9.17, 15) is 9.90 Å². The Bertz CT molecular complexity index is 813. The molecule has 3 rings (SSSR count). The summed E-state index contributed by atoms with van der Waals surface area (Å²) in [5.74, 6) is 0.679. The van der Waals surface area contributed by atoms with Gasteiger partial charge in [-0.05, 0) is 43.9 Å². The van der Waals surface area contributed by atoms with Gasteiger partial charge in [0.1, 0.15) is 5.75 Å². The summed E-state index contributed by atoms with van der Waals surface area (Å²) in [7, 11) is 5.61. The third-order valence-electron chi connectivity index (χ3n) is 4.80. The Balaban J connectivity index is 2.02. The first kappa shape index (κ1) is 21.6. The van der Waals surface area contributed by atoms with Crippen LogP contribution in [0.2, 0.25) is 0 Å². The Morgan fingerprint density at radius 3 is 2.52 bits per heavy atom. The highest BCUT2D eigenvalue weighted by atomic mass is 32.2. The molecule has 2 aromatic carbocycles. The SMILES string of the molecule is COc1ccc([C@@H]2Sc3ccccc3N(CCN(C)C)C(=O)[C@@H]2OCCO)cc1. The second-order valence-corrected chi connectivity index (χ2v) is 8.27. The van der Waals surface area contributed by atoms with Crippen molar-refractivity contribution in [2.75, 3.05) is 52.4 Å². The van der Waals surface area contributed by atoms with Crippen molar-refractivity contribution in [3.63, 3.8) is 0 Å². The number of fused-ring (bicyclic) bond motifs is 1. The fourth-order valence-corrected chi connectivity index (χ4v) is 4.63. The Labute approximate surface area is 176 Å². The lowest BCUT2D eigenvalue weighted by atomic mass is 10.1. The van der Waals surface area contributed by atoms with Crippen molar-refractivity contribution in [3.05, 3.63) is 54.1 Å². The fourth-order valence-electron chi connectivity index (χ4n) is 3.29. The highest BCUT2D eigenvalue weighted by Gasteiger charge is 2.39. The van der Waals surface area contributed by atoms with E-state index in [1.165, 1.54) is 0 Å². The summed E-state index contributed by atoms with van der Waals surface area (Å²) >= 11 is 1.62. The molecule has 0 bridgehead atoms. The summed E-state index contributed by atoms with van der Waals surface area (Å²) in [4.78, 5) is 18.5. The standard InChI is InChI=1S/C22H28N2O4S/c1-23(2)12-13-24-18-6-4-5-7-19(18)29-21(20(22(24)26)28-15-14-25)16-8-10-17(27-3)11-9-16/h4-11,20-21,25H,12-15H2,1-3H3/t20-,21+/m1/s1. The number of carbonyl (C=O) groups is 1. The van der Waals surface area contributed by atoms with Gasteiger partial charge in [-0.15, -0.1) is 11.8 Å². The minimum atomic E-state index is -0.699. The maximum Gasteiger partial charge on any atom is 0.257 e. The first-order valence-electron chi connectivity index (χ1n) is 9.63. The molecule has 0 aromatic heterocycles. The molecule has 2 atom stereocenters. The van der Waals surface area contributed by atoms with E-state index >= 15 is 0 Å². The number of hydrogen-bond acceptors (Lipinski definition) is 6. The van der Waals surface area contributed by atoms with Gasteiger partial charge < -0.3 is 24.4 Å². The lowest BCUT2D eigenvalue weighted by molar-refractivity contribution is -0.130. The fraction of sp³-hybridized carbons (Fsp3) is 0.409. The van der Waals surface area contributed by atoms with E-state index in [-0.39, 0.29) is 24.4 Å². The first-order chi connectivity index (χ1) is 14.0. The lowest BCUT2D eigenvalue weighted by Gasteiger charge is -2.29. The molecule has 0 spiro atoms. The predicted molar refractivity (Wildman–Crippen MR) is 116 cm³/mol. The molecule has 1 N–H and O–H groups in total. The van der Waals surface area contributed by atoms with E-state index < -0.39 is 6.10 Å². The number of anilines is 1. The number of benzene rings is 2. The van der Waals surface area contributed by atoms with Crippen molar-refractivity contribution in [3.8, 4) is 5.75 Å². The van der Waals surface area contributed by atoms with E-state index in [1.807, 2.05) is 67.5 Å². The van der Waals surface area contributed by atoms with Gasteiger partial charge in [0.2, 0.25) is 0 Å². The molecule has 0 saturated heterocycles. The van der Waals surface area contributed by atoms with E-state index in [1.54, 1.807) is 18.9 Å². The van der Waals surface area contributed by atoms with Crippen LogP contribution in [-0.4, -0.2) is 69.5 Å². The monoisotopic (exact) mass is 416 g/mol. The number of likely N-dealkylation sites (N-methyl/N-ethyl adjacent to an activating group) is 1. The van der Waals surface area contributed by atoms with Crippen LogP contribution in [0.25, 0.3) is 0 Å². The third kappa shape index (κ3) is 5.11. The average Bonchev–Trinajstić information content (AvgIpc) is 2.85. The Kier molecular flexibility index (Phi) is 7.55. The van der Waals surface area contributed by atoms with Crippen LogP contribution in [0.15, 0.2) is 53.4 Å². The lowest BCUT2D eigenvalue weighted by Crippen LogP contribution is -2.44. The topological polar surface area (TPSA) is 62.2 Å². The van der Waals surface area contributed by atoms with Crippen LogP contribution in [0.5, 0.6) is 5.75 Å². The summed E-state index contributed by atoms with van der Waals surface area (Å²) in [6, 6.07) is 15.7. The van der Waals surface area contributed by atoms with Crippen molar-refractivity contribution in [2.24, 2.45) is 0 Å². The van der Waals surface area contributed by atoms with Crippen molar-refractivity contribution in [1.29, 1.82) is 0 Å². The van der Waals surface area contributed by atoms with Crippen molar-refractivity contribution >= 4 is 23.4 Å². The maximum absolute atomic E-state index is 13.6. The second kappa shape index (κ2) is 10.1. The van der Waals surface area contributed by atoms with Crippen LogP contribution in [0.4, 0.5) is 5.69 Å². The number of carbonyl (C=O) groups excluding carboxylic acids is 1. The Morgan fingerprint density at radius 2 is 1.86 bits per heavy atom. The van der Waals surface area contributed by atoms with Gasteiger partial charge in [0, 0.05) is 18.0 Å². The normalized spacial score (nSPS) is 19.2. The molecule has 0 aliphatic carbocycles. The van der Waals surface area contributed by atoms with Gasteiger partial charge in [-0.2, -0.15) is 0 Å². The number of ether oxygens (including phenoxy) is 2. The molecule has 0 saturated carbocycles. The van der Waals surface area contributed by atoms with E-state index in [0.717, 1.165) is 28.4 Å². The van der Waals surface area contributed by atoms with Crippen molar-refractivity contribution < 1.29 is 19.4 Å². The minimum Gasteiger partial charge on any atom is -0.497 e. The van der Waals surface area contributed by atoms with Crippen LogP contribution in [0.1, 0.15) is 10.8 Å². The maximum atomic E-state index is 13.6. The molecule has 1 aliphatic heterocycles. The van der Waals surface area contributed by atoms with Crippen LogP contribution in [0, 0.1) is 0 Å². The molecule has 1 heterocycles. The van der Waals surface area contributed by atoms with Gasteiger partial charge in [0.25, 0.3) is 5.91 Å². The van der Waals surface area contributed by atoms with E-state index in [2.05, 4.69) is 4.90 Å². The van der Waals surface area contributed by atoms with Crippen molar-refractivity contribution in [2.45, 2.75) is 16.2 Å². The van der Waals surface area contributed by atoms with Crippen LogP contribution in [0.3, 0.4) is 0 Å². The number of rotatable bonds is 8. The molecule has 7 heteroatoms. The number of hydrogen-bond donors (Lipinski definition) is 1. The summed E-state index contributed by atoms with van der Waals surface area (Å²) in [5, 5.41) is 9.08. The van der Waals surface area contributed by atoms with Crippen molar-refractivity contribution in [1.82, 2.24) is 4.90 Å². The number of methoxy groups -OCH3 is 1. The Hall–Kier alpha value is -2.06. The third-order valence-corrected chi connectivity index (χ3v) is 6.17. The molecule has 156 valence electrons. The largest absolute Gasteiger partial charge is 0.497 e. The van der Waals surface area contributed by atoms with Gasteiger partial charge in [-0.25, -0.2) is 0 Å². The molecular formula is C22H28N2O4S. The second-order valence-electron chi connectivity index (χ2n) is 7.09. The van der Waals surface area contributed by atoms with Crippen LogP contribution >= 0.6 is 11.8 Å². The molecule has 1 amide bonds. The highest BCUT2D eigenvalue weighted by Crippen LogP contribution is 2.46. The summed E-state index contributed by atoms with van der Waals surface area (Å²) < 4.78 is 11.2. The number of aliphatic hydroxyl groups excluding tert-OH is 1. The minimum absolute atomic E-state index is 0.0847. The summed E-state index contributed by atoms with van der Waals surface area (Å²) in [6.07, 6.45) is -0.699. The van der Waals surface area contributed by atoms with Gasteiger partial charge in [-0.3, -0.25) is 4.79 Å². The smallest absolute Gasteiger partial charge is 0.257 e. The predicted octanol–water partition coefficient (Wildman–Crippen LogP) is 2.81. The molecule has 0 fully saturated rings. The van der Waals surface area contributed by atoms with Gasteiger partial charge >= 0.3 is 0 Å². The first-order valence-corrected chi connectivity index (χ1v) is 10.5. The summed E-state index contributed by atoms with van der Waals surface area (Å²) in [5.41, 5.74) is 1.88. The number of aliphatic hydroxyl groups is 1. The Morgan fingerprint density at radius 1 is 1.14 bits per heavy atom. The molecular weight excluding hydrogens is 388 g/mol. The van der Waals surface area contributed by atoms with Crippen LogP contribution in [-0.2, 0) is 9.53 Å². The van der Waals surface area contributed by atoms with E-state index in [0.29, 0.717) is 6.54 Å². The zero-order valence-corrected chi connectivity index (χ0v) is 17.9. The number of nitrogens with zero attached hydrogens (tertiary/aromatic N) is 2. The molecule has 0 unspecified atom stereocenters. The number of para-hydroxylation sites is 1. The highest BCUT2D eigenvalue weighted by molar-refractivity contribution is 7.99. The van der Waals surface area contributed by atoms with Crippen LogP contribution < -0.4 is 9.64 Å². The van der Waals surface area contributed by atoms with E-state index in [4.69, 9.17) is 9.47 Å².